The zero-order chi connectivity index (χ0) is 16.9. The summed E-state index contributed by atoms with van der Waals surface area (Å²) < 4.78 is 5.81. The minimum Gasteiger partial charge on any atom is -0.459 e. The molecule has 3 rings (SSSR count). The smallest absolute Gasteiger partial charge is 0.192 e. The SMILES string of the molecule is CCNC(=NCc1cc2ccccc2o1)NCc1nc(C)c(C)s1.I. The molecule has 0 bridgehead atoms. The quantitative estimate of drug-likeness (QED) is 0.330. The molecule has 25 heavy (non-hydrogen) atoms. The van der Waals surface area contributed by atoms with Crippen molar-refractivity contribution >= 4 is 52.2 Å². The first-order chi connectivity index (χ1) is 11.7. The van der Waals surface area contributed by atoms with Crippen LogP contribution in [0.3, 0.4) is 0 Å². The molecule has 0 spiro atoms. The van der Waals surface area contributed by atoms with Crippen LogP contribution in [0.2, 0.25) is 0 Å². The fourth-order valence-corrected chi connectivity index (χ4v) is 3.26. The minimum absolute atomic E-state index is 0. The highest BCUT2D eigenvalue weighted by atomic mass is 127. The van der Waals surface area contributed by atoms with Crippen LogP contribution in [0.5, 0.6) is 0 Å². The van der Waals surface area contributed by atoms with Gasteiger partial charge in [0, 0.05) is 16.8 Å². The van der Waals surface area contributed by atoms with Gasteiger partial charge in [-0.1, -0.05) is 18.2 Å². The number of aromatic nitrogens is 1. The first kappa shape index (κ1) is 19.7. The summed E-state index contributed by atoms with van der Waals surface area (Å²) in [5.41, 5.74) is 2.00. The summed E-state index contributed by atoms with van der Waals surface area (Å²) in [6, 6.07) is 10.0. The maximum atomic E-state index is 5.81. The van der Waals surface area contributed by atoms with Crippen molar-refractivity contribution in [2.75, 3.05) is 6.54 Å². The molecule has 0 saturated carbocycles. The van der Waals surface area contributed by atoms with Crippen molar-refractivity contribution in [3.8, 4) is 0 Å². The number of aryl methyl sites for hydroxylation is 2. The van der Waals surface area contributed by atoms with Gasteiger partial charge in [-0.3, -0.25) is 0 Å². The number of benzene rings is 1. The summed E-state index contributed by atoms with van der Waals surface area (Å²) in [5.74, 6) is 1.62. The van der Waals surface area contributed by atoms with Crippen LogP contribution in [-0.4, -0.2) is 17.5 Å². The van der Waals surface area contributed by atoms with E-state index >= 15 is 0 Å². The molecule has 0 amide bonds. The number of thiazole rings is 1. The second kappa shape index (κ2) is 9.19. The molecule has 2 N–H and O–H groups in total. The Morgan fingerprint density at radius 1 is 1.24 bits per heavy atom. The molecule has 2 heterocycles. The average molecular weight is 470 g/mol. The molecule has 0 radical (unpaired) electrons. The van der Waals surface area contributed by atoms with E-state index in [2.05, 4.69) is 34.5 Å². The number of fused-ring (bicyclic) bond motifs is 1. The molecular weight excluding hydrogens is 447 g/mol. The van der Waals surface area contributed by atoms with Gasteiger partial charge in [-0.2, -0.15) is 0 Å². The molecule has 7 heteroatoms. The predicted octanol–water partition coefficient (Wildman–Crippen LogP) is 4.38. The molecule has 134 valence electrons. The number of para-hydroxylation sites is 1. The maximum absolute atomic E-state index is 5.81. The zero-order valence-electron chi connectivity index (χ0n) is 14.6. The van der Waals surface area contributed by atoms with Gasteiger partial charge in [0.15, 0.2) is 5.96 Å². The Morgan fingerprint density at radius 3 is 2.72 bits per heavy atom. The molecular formula is C18H23IN4OS. The Hall–Kier alpha value is -1.61. The monoisotopic (exact) mass is 470 g/mol. The average Bonchev–Trinajstić information content (AvgIpc) is 3.13. The van der Waals surface area contributed by atoms with Gasteiger partial charge in [0.05, 0.1) is 12.2 Å². The van der Waals surface area contributed by atoms with Crippen molar-refractivity contribution in [3.63, 3.8) is 0 Å². The van der Waals surface area contributed by atoms with E-state index in [1.807, 2.05) is 37.3 Å². The number of hydrogen-bond donors (Lipinski definition) is 2. The number of halogens is 1. The van der Waals surface area contributed by atoms with Crippen LogP contribution in [0.1, 0.15) is 28.3 Å². The van der Waals surface area contributed by atoms with Crippen LogP contribution in [0, 0.1) is 13.8 Å². The van der Waals surface area contributed by atoms with Crippen LogP contribution in [0.15, 0.2) is 39.7 Å². The lowest BCUT2D eigenvalue weighted by molar-refractivity contribution is 0.551. The Kier molecular flexibility index (Phi) is 7.24. The third kappa shape index (κ3) is 5.18. The highest BCUT2D eigenvalue weighted by molar-refractivity contribution is 14.0. The van der Waals surface area contributed by atoms with Gasteiger partial charge in [-0.25, -0.2) is 9.98 Å². The van der Waals surface area contributed by atoms with Crippen LogP contribution in [-0.2, 0) is 13.1 Å². The highest BCUT2D eigenvalue weighted by Gasteiger charge is 2.06. The van der Waals surface area contributed by atoms with Gasteiger partial charge < -0.3 is 15.1 Å². The number of nitrogens with zero attached hydrogens (tertiary/aromatic N) is 2. The van der Waals surface area contributed by atoms with E-state index in [0.717, 1.165) is 39.9 Å². The van der Waals surface area contributed by atoms with Crippen molar-refractivity contribution in [2.24, 2.45) is 4.99 Å². The molecule has 0 aliphatic carbocycles. The lowest BCUT2D eigenvalue weighted by atomic mass is 10.2. The largest absolute Gasteiger partial charge is 0.459 e. The first-order valence-corrected chi connectivity index (χ1v) is 8.90. The maximum Gasteiger partial charge on any atom is 0.192 e. The molecule has 2 aromatic heterocycles. The normalized spacial score (nSPS) is 11.4. The number of furan rings is 1. The Bertz CT molecular complexity index is 803. The van der Waals surface area contributed by atoms with Crippen molar-refractivity contribution < 1.29 is 4.42 Å². The summed E-state index contributed by atoms with van der Waals surface area (Å²) in [4.78, 5) is 10.4. The Labute approximate surface area is 169 Å². The lowest BCUT2D eigenvalue weighted by Crippen LogP contribution is -2.36. The van der Waals surface area contributed by atoms with Gasteiger partial charge in [-0.15, -0.1) is 35.3 Å². The summed E-state index contributed by atoms with van der Waals surface area (Å²) in [6.07, 6.45) is 0. The van der Waals surface area contributed by atoms with E-state index in [9.17, 15) is 0 Å². The lowest BCUT2D eigenvalue weighted by Gasteiger charge is -2.09. The number of guanidine groups is 1. The number of aliphatic imine (C=N–C) groups is 1. The van der Waals surface area contributed by atoms with Crippen molar-refractivity contribution in [3.05, 3.63) is 51.7 Å². The van der Waals surface area contributed by atoms with Crippen LogP contribution < -0.4 is 10.6 Å². The fraction of sp³-hybridized carbons (Fsp3) is 0.333. The van der Waals surface area contributed by atoms with Gasteiger partial charge in [0.1, 0.15) is 22.9 Å². The van der Waals surface area contributed by atoms with Crippen molar-refractivity contribution in [1.29, 1.82) is 0 Å². The van der Waals surface area contributed by atoms with Gasteiger partial charge >= 0.3 is 0 Å². The van der Waals surface area contributed by atoms with E-state index in [-0.39, 0.29) is 24.0 Å². The van der Waals surface area contributed by atoms with E-state index in [1.165, 1.54) is 4.88 Å². The molecule has 0 aliphatic rings. The Morgan fingerprint density at radius 2 is 2.04 bits per heavy atom. The minimum atomic E-state index is 0. The summed E-state index contributed by atoms with van der Waals surface area (Å²) >= 11 is 1.72. The zero-order valence-corrected chi connectivity index (χ0v) is 17.8. The van der Waals surface area contributed by atoms with E-state index in [4.69, 9.17) is 4.42 Å². The molecule has 0 unspecified atom stereocenters. The third-order valence-corrected chi connectivity index (χ3v) is 4.77. The first-order valence-electron chi connectivity index (χ1n) is 8.08. The Balaban J connectivity index is 0.00000225. The van der Waals surface area contributed by atoms with Crippen LogP contribution in [0.4, 0.5) is 0 Å². The fourth-order valence-electron chi connectivity index (χ4n) is 2.39. The standard InChI is InChI=1S/C18H22N4OS.HI/c1-4-19-18(21-11-17-22-12(2)13(3)24-17)20-10-15-9-14-7-5-6-8-16(14)23-15;/h5-9H,4,10-11H2,1-3H3,(H2,19,20,21);1H. The molecule has 0 saturated heterocycles. The highest BCUT2D eigenvalue weighted by Crippen LogP contribution is 2.19. The second-order valence-corrected chi connectivity index (χ2v) is 6.84. The summed E-state index contributed by atoms with van der Waals surface area (Å²) in [5, 5.41) is 8.75. The summed E-state index contributed by atoms with van der Waals surface area (Å²) in [7, 11) is 0. The molecule has 3 aromatic rings. The molecule has 5 nitrogen and oxygen atoms in total. The summed E-state index contributed by atoms with van der Waals surface area (Å²) in [6.45, 7) is 8.16. The van der Waals surface area contributed by atoms with Crippen LogP contribution in [0.25, 0.3) is 11.0 Å². The number of nitrogens with one attached hydrogen (secondary N) is 2. The second-order valence-electron chi connectivity index (χ2n) is 5.55. The van der Waals surface area contributed by atoms with E-state index in [0.29, 0.717) is 13.1 Å². The molecule has 0 fully saturated rings. The van der Waals surface area contributed by atoms with Gasteiger partial charge in [0.2, 0.25) is 0 Å². The third-order valence-electron chi connectivity index (χ3n) is 3.69. The van der Waals surface area contributed by atoms with E-state index in [1.54, 1.807) is 11.3 Å². The number of hydrogen-bond acceptors (Lipinski definition) is 4. The topological polar surface area (TPSA) is 62.5 Å². The predicted molar refractivity (Wildman–Crippen MR) is 115 cm³/mol. The van der Waals surface area contributed by atoms with Crippen molar-refractivity contribution in [2.45, 2.75) is 33.9 Å². The molecule has 1 aromatic carbocycles. The van der Waals surface area contributed by atoms with Crippen LogP contribution >= 0.6 is 35.3 Å². The molecule has 0 aliphatic heterocycles. The van der Waals surface area contributed by atoms with E-state index < -0.39 is 0 Å². The van der Waals surface area contributed by atoms with Gasteiger partial charge in [-0.05, 0) is 32.9 Å². The van der Waals surface area contributed by atoms with Crippen molar-refractivity contribution in [1.82, 2.24) is 15.6 Å². The molecule has 0 atom stereocenters. The number of rotatable bonds is 5. The van der Waals surface area contributed by atoms with Gasteiger partial charge in [0.25, 0.3) is 0 Å².